The van der Waals surface area contributed by atoms with Gasteiger partial charge in [-0.15, -0.1) is 0 Å². The van der Waals surface area contributed by atoms with E-state index in [0.717, 1.165) is 16.3 Å². The van der Waals surface area contributed by atoms with Gasteiger partial charge in [0.05, 0.1) is 28.3 Å². The minimum atomic E-state index is -3.93. The van der Waals surface area contributed by atoms with Crippen LogP contribution in [0.3, 0.4) is 0 Å². The Hall–Kier alpha value is -3.56. The van der Waals surface area contributed by atoms with Crippen LogP contribution in [0.15, 0.2) is 71.6 Å². The van der Waals surface area contributed by atoms with Crippen LogP contribution >= 0.6 is 11.6 Å². The van der Waals surface area contributed by atoms with E-state index in [1.807, 2.05) is 20.8 Å². The van der Waals surface area contributed by atoms with Gasteiger partial charge in [0.1, 0.15) is 11.5 Å². The van der Waals surface area contributed by atoms with E-state index < -0.39 is 16.0 Å². The number of para-hydroxylation sites is 1. The summed E-state index contributed by atoms with van der Waals surface area (Å²) in [7, 11) is 2.46. The van der Waals surface area contributed by atoms with Crippen molar-refractivity contribution in [2.75, 3.05) is 32.6 Å². The Labute approximate surface area is 229 Å². The minimum absolute atomic E-state index is 0.0464. The number of carbonyl (C=O) groups is 2. The largest absolute Gasteiger partial charge is 0.497 e. The minimum Gasteiger partial charge on any atom is -0.497 e. The number of benzene rings is 3. The summed E-state index contributed by atoms with van der Waals surface area (Å²) in [6.45, 7) is 5.95. The van der Waals surface area contributed by atoms with Crippen LogP contribution in [-0.4, -0.2) is 53.9 Å². The summed E-state index contributed by atoms with van der Waals surface area (Å²) in [5, 5.41) is 0.0899. The van der Waals surface area contributed by atoms with Gasteiger partial charge in [-0.25, -0.2) is 13.2 Å². The number of hydrogen-bond acceptors (Lipinski definition) is 6. The molecule has 10 heteroatoms. The third kappa shape index (κ3) is 7.72. The van der Waals surface area contributed by atoms with Gasteiger partial charge < -0.3 is 14.4 Å². The van der Waals surface area contributed by atoms with Crippen LogP contribution in [0, 0.1) is 0 Å². The maximum absolute atomic E-state index is 13.1. The first-order chi connectivity index (χ1) is 17.7. The monoisotopic (exact) mass is 560 g/mol. The molecule has 204 valence electrons. The molecule has 0 aliphatic heterocycles. The van der Waals surface area contributed by atoms with Crippen molar-refractivity contribution in [1.29, 1.82) is 0 Å². The molecule has 0 fully saturated rings. The second kappa shape index (κ2) is 12.8. The highest BCUT2D eigenvalue weighted by molar-refractivity contribution is 7.92. The summed E-state index contributed by atoms with van der Waals surface area (Å²) in [6.07, 6.45) is 0.750. The van der Waals surface area contributed by atoms with Crippen LogP contribution in [0.4, 0.5) is 5.69 Å². The van der Waals surface area contributed by atoms with Crippen molar-refractivity contribution in [3.05, 3.63) is 82.9 Å². The number of halogens is 1. The first-order valence-electron chi connectivity index (χ1n) is 11.6. The van der Waals surface area contributed by atoms with E-state index in [1.54, 1.807) is 69.7 Å². The highest BCUT2D eigenvalue weighted by Crippen LogP contribution is 2.35. The molecular weight excluding hydrogens is 528 g/mol. The van der Waals surface area contributed by atoms with Gasteiger partial charge in [-0.05, 0) is 53.9 Å². The lowest BCUT2D eigenvalue weighted by atomic mass is 9.86. The summed E-state index contributed by atoms with van der Waals surface area (Å²) < 4.78 is 38.4. The average Bonchev–Trinajstić information content (AvgIpc) is 2.88. The van der Waals surface area contributed by atoms with E-state index >= 15 is 0 Å². The van der Waals surface area contributed by atoms with Gasteiger partial charge in [0.25, 0.3) is 10.0 Å². The number of hydrogen-bond donors (Lipinski definition) is 0. The van der Waals surface area contributed by atoms with Crippen LogP contribution in [0.5, 0.6) is 11.5 Å². The number of anilines is 1. The fourth-order valence-corrected chi connectivity index (χ4v) is 4.64. The molecule has 0 atom stereocenters. The predicted molar refractivity (Wildman–Crippen MR) is 150 cm³/mol. The molecule has 0 unspecified atom stereocenters. The first-order valence-corrected chi connectivity index (χ1v) is 13.4. The zero-order valence-corrected chi connectivity index (χ0v) is 24.1. The molecule has 0 aliphatic rings. The van der Waals surface area contributed by atoms with Crippen molar-refractivity contribution < 1.29 is 27.5 Å². The fourth-order valence-electron chi connectivity index (χ4n) is 3.22. The van der Waals surface area contributed by atoms with E-state index in [2.05, 4.69) is 0 Å². The molecule has 0 spiro atoms. The van der Waals surface area contributed by atoms with Gasteiger partial charge in [0.2, 0.25) is 6.41 Å². The zero-order valence-electron chi connectivity index (χ0n) is 22.6. The molecule has 0 aromatic heterocycles. The second-order valence-electron chi connectivity index (χ2n) is 9.52. The van der Waals surface area contributed by atoms with Crippen LogP contribution in [0.25, 0.3) is 0 Å². The molecule has 3 aromatic rings. The van der Waals surface area contributed by atoms with Gasteiger partial charge in [0.15, 0.2) is 0 Å². The zero-order chi connectivity index (χ0) is 28.7. The van der Waals surface area contributed by atoms with Crippen LogP contribution in [0.2, 0.25) is 5.02 Å². The molecule has 0 radical (unpaired) electrons. The summed E-state index contributed by atoms with van der Waals surface area (Å²) in [5.74, 6) is 0.226. The standard InChI is InChI=1S/C25H26ClNO5S.C3H7NO/c1-25(2,3)21-15-18(31-5)11-14-23(21)32-24(28)20-16-19(12-13-22(20)26)33(29,30)27(4)17-9-7-6-8-10-17;1-4(2)3-5/h6-16H,1-5H3;3H,1-2H3. The first kappa shape index (κ1) is 30.7. The molecule has 0 aliphatic carbocycles. The smallest absolute Gasteiger partial charge is 0.345 e. The molecular formula is C28H33ClN2O6S. The Morgan fingerprint density at radius 2 is 1.55 bits per heavy atom. The van der Waals surface area contributed by atoms with Gasteiger partial charge in [-0.2, -0.15) is 0 Å². The Balaban J connectivity index is 0.000000926. The Kier molecular flexibility index (Phi) is 10.3. The van der Waals surface area contributed by atoms with Crippen molar-refractivity contribution in [2.45, 2.75) is 31.1 Å². The van der Waals surface area contributed by atoms with Crippen molar-refractivity contribution in [2.24, 2.45) is 0 Å². The number of methoxy groups -OCH3 is 1. The summed E-state index contributed by atoms with van der Waals surface area (Å²) in [4.78, 5) is 23.8. The Bertz CT molecular complexity index is 1370. The van der Waals surface area contributed by atoms with Crippen LogP contribution < -0.4 is 13.8 Å². The van der Waals surface area contributed by atoms with E-state index in [4.69, 9.17) is 21.1 Å². The number of carbonyl (C=O) groups excluding carboxylic acids is 2. The van der Waals surface area contributed by atoms with Crippen LogP contribution in [0.1, 0.15) is 36.7 Å². The molecule has 3 aromatic carbocycles. The van der Waals surface area contributed by atoms with E-state index in [0.29, 0.717) is 17.2 Å². The lowest BCUT2D eigenvalue weighted by Crippen LogP contribution is -2.26. The number of esters is 1. The molecule has 0 saturated carbocycles. The second-order valence-corrected chi connectivity index (χ2v) is 11.9. The lowest BCUT2D eigenvalue weighted by Gasteiger charge is -2.23. The fraction of sp³-hybridized carbons (Fsp3) is 0.286. The van der Waals surface area contributed by atoms with E-state index in [-0.39, 0.29) is 20.9 Å². The number of rotatable bonds is 7. The summed E-state index contributed by atoms with van der Waals surface area (Å²) in [5.41, 5.74) is 0.871. The normalized spacial score (nSPS) is 11.1. The van der Waals surface area contributed by atoms with E-state index in [1.165, 1.54) is 30.1 Å². The van der Waals surface area contributed by atoms with Crippen molar-refractivity contribution in [1.82, 2.24) is 4.90 Å². The third-order valence-corrected chi connectivity index (χ3v) is 7.46. The van der Waals surface area contributed by atoms with Gasteiger partial charge in [0, 0.05) is 26.7 Å². The average molecular weight is 561 g/mol. The molecule has 8 nitrogen and oxygen atoms in total. The predicted octanol–water partition coefficient (Wildman–Crippen LogP) is 5.39. The summed E-state index contributed by atoms with van der Waals surface area (Å²) in [6, 6.07) is 17.8. The Morgan fingerprint density at radius 1 is 0.947 bits per heavy atom. The maximum atomic E-state index is 13.1. The summed E-state index contributed by atoms with van der Waals surface area (Å²) >= 11 is 6.25. The van der Waals surface area contributed by atoms with Gasteiger partial charge in [-0.3, -0.25) is 9.10 Å². The molecule has 38 heavy (non-hydrogen) atoms. The lowest BCUT2D eigenvalue weighted by molar-refractivity contribution is -0.115. The molecule has 0 saturated heterocycles. The quantitative estimate of drug-likeness (QED) is 0.218. The molecule has 3 rings (SSSR count). The van der Waals surface area contributed by atoms with Gasteiger partial charge in [-0.1, -0.05) is 50.6 Å². The third-order valence-electron chi connectivity index (χ3n) is 5.34. The molecule has 0 bridgehead atoms. The number of amides is 1. The topological polar surface area (TPSA) is 93.2 Å². The van der Waals surface area contributed by atoms with Crippen molar-refractivity contribution >= 4 is 39.7 Å². The highest BCUT2D eigenvalue weighted by Gasteiger charge is 2.26. The SMILES string of the molecule is CN(C)C=O.COc1ccc(OC(=O)c2cc(S(=O)(=O)N(C)c3ccccc3)ccc2Cl)c(C(C)(C)C)c1. The number of sulfonamides is 1. The number of ether oxygens (including phenoxy) is 2. The molecule has 0 N–H and O–H groups in total. The van der Waals surface area contributed by atoms with Crippen LogP contribution in [-0.2, 0) is 20.2 Å². The van der Waals surface area contributed by atoms with E-state index in [9.17, 15) is 18.0 Å². The van der Waals surface area contributed by atoms with Crippen molar-refractivity contribution in [3.63, 3.8) is 0 Å². The van der Waals surface area contributed by atoms with Crippen molar-refractivity contribution in [3.8, 4) is 11.5 Å². The maximum Gasteiger partial charge on any atom is 0.345 e. The molecule has 1 amide bonds. The molecule has 0 heterocycles. The highest BCUT2D eigenvalue weighted by atomic mass is 35.5. The number of nitrogens with zero attached hydrogens (tertiary/aromatic N) is 2. The van der Waals surface area contributed by atoms with Gasteiger partial charge >= 0.3 is 5.97 Å². The Morgan fingerprint density at radius 3 is 2.08 bits per heavy atom.